The van der Waals surface area contributed by atoms with Crippen molar-refractivity contribution in [3.05, 3.63) is 36.7 Å². The molecular formula is C19H27Cl2N5O. The van der Waals surface area contributed by atoms with Gasteiger partial charge in [0, 0.05) is 62.8 Å². The van der Waals surface area contributed by atoms with Crippen molar-refractivity contribution in [2.45, 2.75) is 26.8 Å². The third-order valence-electron chi connectivity index (χ3n) is 4.50. The number of amides is 1. The van der Waals surface area contributed by atoms with Gasteiger partial charge in [-0.05, 0) is 31.5 Å². The van der Waals surface area contributed by atoms with Crippen LogP contribution in [-0.4, -0.2) is 53.0 Å². The van der Waals surface area contributed by atoms with E-state index in [0.29, 0.717) is 6.04 Å². The number of aromatic nitrogens is 2. The van der Waals surface area contributed by atoms with Gasteiger partial charge in [-0.25, -0.2) is 9.97 Å². The van der Waals surface area contributed by atoms with Crippen molar-refractivity contribution >= 4 is 42.4 Å². The van der Waals surface area contributed by atoms with Crippen LogP contribution in [-0.2, 0) is 4.79 Å². The largest absolute Gasteiger partial charge is 0.338 e. The van der Waals surface area contributed by atoms with Crippen LogP contribution in [0.25, 0.3) is 11.1 Å². The van der Waals surface area contributed by atoms with Crippen molar-refractivity contribution in [2.75, 3.05) is 36.4 Å². The Morgan fingerprint density at radius 2 is 1.52 bits per heavy atom. The van der Waals surface area contributed by atoms with Gasteiger partial charge in [-0.3, -0.25) is 9.69 Å². The normalized spacial score (nSPS) is 14.3. The molecule has 1 aliphatic rings. The molecule has 1 fully saturated rings. The van der Waals surface area contributed by atoms with Crippen LogP contribution in [0.1, 0.15) is 20.8 Å². The first kappa shape index (κ1) is 23.1. The lowest BCUT2D eigenvalue weighted by Crippen LogP contribution is -2.49. The lowest BCUT2D eigenvalue weighted by molar-refractivity contribution is -0.114. The number of nitrogens with zero attached hydrogens (tertiary/aromatic N) is 4. The van der Waals surface area contributed by atoms with Gasteiger partial charge < -0.3 is 10.2 Å². The van der Waals surface area contributed by atoms with Gasteiger partial charge in [0.15, 0.2) is 0 Å². The standard InChI is InChI=1S/C19H25N5O.2ClH/c1-14(2)23-8-10-24(11-9-23)19-20-12-17(13-21-19)16-4-6-18(7-5-16)22-15(3)25;;/h4-7,12-14H,8-11H2,1-3H3,(H,22,25);2*1H. The zero-order chi connectivity index (χ0) is 17.8. The minimum Gasteiger partial charge on any atom is -0.338 e. The maximum Gasteiger partial charge on any atom is 0.225 e. The van der Waals surface area contributed by atoms with E-state index in [-0.39, 0.29) is 30.7 Å². The van der Waals surface area contributed by atoms with E-state index < -0.39 is 0 Å². The van der Waals surface area contributed by atoms with Crippen molar-refractivity contribution < 1.29 is 4.79 Å². The quantitative estimate of drug-likeness (QED) is 0.833. The first-order chi connectivity index (χ1) is 12.0. The van der Waals surface area contributed by atoms with Crippen LogP contribution in [0.5, 0.6) is 0 Å². The fourth-order valence-electron chi connectivity index (χ4n) is 3.02. The fraction of sp³-hybridized carbons (Fsp3) is 0.421. The van der Waals surface area contributed by atoms with Crippen molar-refractivity contribution in [2.24, 2.45) is 0 Å². The van der Waals surface area contributed by atoms with Crippen LogP contribution in [0, 0.1) is 0 Å². The van der Waals surface area contributed by atoms with E-state index in [0.717, 1.165) is 48.9 Å². The number of rotatable bonds is 4. The molecule has 1 N–H and O–H groups in total. The highest BCUT2D eigenvalue weighted by Crippen LogP contribution is 2.21. The van der Waals surface area contributed by atoms with Gasteiger partial charge in [0.1, 0.15) is 0 Å². The Morgan fingerprint density at radius 3 is 2.00 bits per heavy atom. The Labute approximate surface area is 173 Å². The molecule has 0 aliphatic carbocycles. The second-order valence-corrected chi connectivity index (χ2v) is 6.65. The predicted molar refractivity (Wildman–Crippen MR) is 115 cm³/mol. The molecule has 1 amide bonds. The third kappa shape index (κ3) is 6.06. The van der Waals surface area contributed by atoms with Gasteiger partial charge in [-0.15, -0.1) is 24.8 Å². The molecule has 1 aromatic carbocycles. The maximum absolute atomic E-state index is 11.1. The zero-order valence-electron chi connectivity index (χ0n) is 15.9. The Kier molecular flexibility index (Phi) is 8.96. The first-order valence-electron chi connectivity index (χ1n) is 8.72. The van der Waals surface area contributed by atoms with Crippen molar-refractivity contribution in [1.82, 2.24) is 14.9 Å². The average molecular weight is 412 g/mol. The molecule has 3 rings (SSSR count). The van der Waals surface area contributed by atoms with E-state index in [9.17, 15) is 4.79 Å². The minimum atomic E-state index is -0.0713. The second kappa shape index (κ2) is 10.4. The number of nitrogens with one attached hydrogen (secondary N) is 1. The molecule has 1 saturated heterocycles. The van der Waals surface area contributed by atoms with Crippen LogP contribution in [0.15, 0.2) is 36.7 Å². The number of hydrogen-bond acceptors (Lipinski definition) is 5. The number of hydrogen-bond donors (Lipinski definition) is 1. The van der Waals surface area contributed by atoms with Gasteiger partial charge in [0.2, 0.25) is 11.9 Å². The molecule has 6 nitrogen and oxygen atoms in total. The molecule has 0 spiro atoms. The summed E-state index contributed by atoms with van der Waals surface area (Å²) in [5.74, 6) is 0.722. The molecule has 1 aliphatic heterocycles. The molecule has 0 radical (unpaired) electrons. The molecule has 0 unspecified atom stereocenters. The van der Waals surface area contributed by atoms with Crippen LogP contribution in [0.2, 0.25) is 0 Å². The minimum absolute atomic E-state index is 0. The summed E-state index contributed by atoms with van der Waals surface area (Å²) in [5, 5.41) is 2.77. The van der Waals surface area contributed by atoms with Gasteiger partial charge in [0.25, 0.3) is 0 Å². The van der Waals surface area contributed by atoms with Crippen molar-refractivity contribution in [3.63, 3.8) is 0 Å². The highest BCUT2D eigenvalue weighted by Gasteiger charge is 2.20. The molecule has 1 aromatic heterocycles. The van der Waals surface area contributed by atoms with Crippen molar-refractivity contribution in [1.29, 1.82) is 0 Å². The van der Waals surface area contributed by atoms with Gasteiger partial charge in [-0.1, -0.05) is 12.1 Å². The average Bonchev–Trinajstić information content (AvgIpc) is 2.62. The monoisotopic (exact) mass is 411 g/mol. The lowest BCUT2D eigenvalue weighted by atomic mass is 10.1. The summed E-state index contributed by atoms with van der Waals surface area (Å²) in [4.78, 5) is 24.9. The van der Waals surface area contributed by atoms with Gasteiger partial charge in [-0.2, -0.15) is 0 Å². The zero-order valence-corrected chi connectivity index (χ0v) is 17.5. The highest BCUT2D eigenvalue weighted by atomic mass is 35.5. The Balaban J connectivity index is 0.00000182. The number of piperazine rings is 1. The van der Waals surface area contributed by atoms with Crippen LogP contribution in [0.4, 0.5) is 11.6 Å². The summed E-state index contributed by atoms with van der Waals surface area (Å²) in [6.45, 7) is 9.99. The summed E-state index contributed by atoms with van der Waals surface area (Å²) >= 11 is 0. The Hall–Kier alpha value is -1.89. The van der Waals surface area contributed by atoms with Gasteiger partial charge in [0.05, 0.1) is 0 Å². The molecule has 8 heteroatoms. The van der Waals surface area contributed by atoms with E-state index in [1.807, 2.05) is 36.7 Å². The fourth-order valence-corrected chi connectivity index (χ4v) is 3.02. The smallest absolute Gasteiger partial charge is 0.225 e. The summed E-state index contributed by atoms with van der Waals surface area (Å²) < 4.78 is 0. The second-order valence-electron chi connectivity index (χ2n) is 6.65. The summed E-state index contributed by atoms with van der Waals surface area (Å²) in [6, 6.07) is 8.28. The topological polar surface area (TPSA) is 61.4 Å². The van der Waals surface area contributed by atoms with Crippen molar-refractivity contribution in [3.8, 4) is 11.1 Å². The number of anilines is 2. The molecule has 27 heavy (non-hydrogen) atoms. The molecule has 2 heterocycles. The van der Waals surface area contributed by atoms with E-state index >= 15 is 0 Å². The predicted octanol–water partition coefficient (Wildman–Crippen LogP) is 3.48. The van der Waals surface area contributed by atoms with Gasteiger partial charge >= 0.3 is 0 Å². The van der Waals surface area contributed by atoms with E-state index in [2.05, 4.69) is 38.9 Å². The van der Waals surface area contributed by atoms with Crippen LogP contribution < -0.4 is 10.2 Å². The van der Waals surface area contributed by atoms with Crippen LogP contribution in [0.3, 0.4) is 0 Å². The highest BCUT2D eigenvalue weighted by molar-refractivity contribution is 5.89. The number of halogens is 2. The summed E-state index contributed by atoms with van der Waals surface area (Å²) in [7, 11) is 0. The summed E-state index contributed by atoms with van der Waals surface area (Å²) in [5.41, 5.74) is 2.79. The number of carbonyl (C=O) groups excluding carboxylic acids is 1. The maximum atomic E-state index is 11.1. The lowest BCUT2D eigenvalue weighted by Gasteiger charge is -2.36. The first-order valence-corrected chi connectivity index (χ1v) is 8.72. The van der Waals surface area contributed by atoms with E-state index in [1.54, 1.807) is 0 Å². The molecule has 0 bridgehead atoms. The SMILES string of the molecule is CC(=O)Nc1ccc(-c2cnc(N3CCN(C(C)C)CC3)nc2)cc1.Cl.Cl. The Bertz CT molecular complexity index is 714. The third-order valence-corrected chi connectivity index (χ3v) is 4.50. The van der Waals surface area contributed by atoms with E-state index in [4.69, 9.17) is 0 Å². The summed E-state index contributed by atoms with van der Waals surface area (Å²) in [6.07, 6.45) is 3.73. The molecule has 0 atom stereocenters. The number of benzene rings is 1. The molecule has 148 valence electrons. The Morgan fingerprint density at radius 1 is 0.963 bits per heavy atom. The molecule has 2 aromatic rings. The number of carbonyl (C=O) groups is 1. The van der Waals surface area contributed by atoms with Crippen LogP contribution >= 0.6 is 24.8 Å². The van der Waals surface area contributed by atoms with E-state index in [1.165, 1.54) is 6.92 Å². The molecular weight excluding hydrogens is 385 g/mol. The molecule has 0 saturated carbocycles.